The van der Waals surface area contributed by atoms with E-state index in [0.717, 1.165) is 6.42 Å². The number of nitrogens with one attached hydrogen (secondary N) is 1. The summed E-state index contributed by atoms with van der Waals surface area (Å²) in [6.45, 7) is 1.65. The number of amides is 1. The fraction of sp³-hybridized carbons (Fsp3) is 0.625. The topological polar surface area (TPSA) is 112 Å². The molecule has 0 aromatic carbocycles. The molecule has 0 saturated carbocycles. The van der Waals surface area contributed by atoms with E-state index in [4.69, 9.17) is 11.5 Å². The van der Waals surface area contributed by atoms with Crippen molar-refractivity contribution in [1.82, 2.24) is 20.3 Å². The minimum Gasteiger partial charge on any atom is -0.354 e. The molecule has 0 unspecified atom stereocenters. The quantitative estimate of drug-likeness (QED) is 0.482. The largest absolute Gasteiger partial charge is 0.354 e. The summed E-state index contributed by atoms with van der Waals surface area (Å²) in [7, 11) is 0. The Labute approximate surface area is 87.8 Å². The predicted octanol–water partition coefficient (Wildman–Crippen LogP) is -1.80. The van der Waals surface area contributed by atoms with Crippen molar-refractivity contribution in [1.29, 1.82) is 0 Å². The van der Waals surface area contributed by atoms with Crippen molar-refractivity contribution in [2.45, 2.75) is 19.5 Å². The highest BCUT2D eigenvalue weighted by Gasteiger charge is 2.04. The lowest BCUT2D eigenvalue weighted by Gasteiger charge is -2.03. The first kappa shape index (κ1) is 11.6. The maximum absolute atomic E-state index is 11.3. The molecule has 0 spiro atoms. The molecule has 1 amide bonds. The highest BCUT2D eigenvalue weighted by molar-refractivity contribution is 5.75. The molecule has 0 aliphatic heterocycles. The lowest BCUT2D eigenvalue weighted by Crippen LogP contribution is -2.29. The Morgan fingerprint density at radius 3 is 2.93 bits per heavy atom. The number of hydrogen-bond donors (Lipinski definition) is 3. The molecule has 0 fully saturated rings. The predicted molar refractivity (Wildman–Crippen MR) is 54.6 cm³/mol. The fourth-order valence-corrected chi connectivity index (χ4v) is 1.04. The van der Waals surface area contributed by atoms with Gasteiger partial charge in [-0.2, -0.15) is 0 Å². The van der Waals surface area contributed by atoms with Crippen LogP contribution in [0.5, 0.6) is 0 Å². The van der Waals surface area contributed by atoms with E-state index in [2.05, 4.69) is 15.6 Å². The number of aromatic nitrogens is 3. The standard InChI is InChI=1S/C8H16N6O/c9-2-1-3-11-8(15)6-14-5-7(4-10)12-13-14/h5H,1-4,6,9-10H2,(H,11,15). The minimum absolute atomic E-state index is 0.100. The van der Waals surface area contributed by atoms with Crippen molar-refractivity contribution in [3.63, 3.8) is 0 Å². The third kappa shape index (κ3) is 4.05. The van der Waals surface area contributed by atoms with Crippen LogP contribution in [0.25, 0.3) is 0 Å². The summed E-state index contributed by atoms with van der Waals surface area (Å²) < 4.78 is 1.46. The van der Waals surface area contributed by atoms with Crippen LogP contribution >= 0.6 is 0 Å². The Morgan fingerprint density at radius 1 is 1.53 bits per heavy atom. The van der Waals surface area contributed by atoms with Gasteiger partial charge in [-0.15, -0.1) is 5.10 Å². The second kappa shape index (κ2) is 6.10. The molecule has 0 radical (unpaired) electrons. The SMILES string of the molecule is NCCCNC(=O)Cn1cc(CN)nn1. The van der Waals surface area contributed by atoms with Gasteiger partial charge in [0.25, 0.3) is 0 Å². The maximum Gasteiger partial charge on any atom is 0.241 e. The van der Waals surface area contributed by atoms with Crippen molar-refractivity contribution in [3.05, 3.63) is 11.9 Å². The Balaban J connectivity index is 2.31. The number of nitrogens with two attached hydrogens (primary N) is 2. The van der Waals surface area contributed by atoms with E-state index in [9.17, 15) is 4.79 Å². The van der Waals surface area contributed by atoms with E-state index >= 15 is 0 Å². The first-order valence-corrected chi connectivity index (χ1v) is 4.82. The Morgan fingerprint density at radius 2 is 2.33 bits per heavy atom. The molecule has 7 nitrogen and oxygen atoms in total. The van der Waals surface area contributed by atoms with Gasteiger partial charge in [0.15, 0.2) is 0 Å². The molecule has 1 aromatic heterocycles. The Kier molecular flexibility index (Phi) is 4.72. The van der Waals surface area contributed by atoms with Crippen molar-refractivity contribution in [2.24, 2.45) is 11.5 Å². The highest BCUT2D eigenvalue weighted by Crippen LogP contribution is 1.90. The minimum atomic E-state index is -0.100. The van der Waals surface area contributed by atoms with Gasteiger partial charge in [0.05, 0.1) is 11.9 Å². The zero-order valence-corrected chi connectivity index (χ0v) is 8.52. The molecule has 5 N–H and O–H groups in total. The summed E-state index contributed by atoms with van der Waals surface area (Å²) in [5, 5.41) is 10.2. The lowest BCUT2D eigenvalue weighted by atomic mass is 10.4. The molecule has 0 aliphatic rings. The number of hydrogen-bond acceptors (Lipinski definition) is 5. The summed E-state index contributed by atoms with van der Waals surface area (Å²) in [6, 6.07) is 0. The van der Waals surface area contributed by atoms with Crippen molar-refractivity contribution in [3.8, 4) is 0 Å². The zero-order valence-electron chi connectivity index (χ0n) is 8.52. The number of rotatable bonds is 6. The molecule has 0 saturated heterocycles. The van der Waals surface area contributed by atoms with E-state index in [0.29, 0.717) is 25.3 Å². The average Bonchev–Trinajstić information content (AvgIpc) is 2.66. The van der Waals surface area contributed by atoms with Crippen LogP contribution in [0.2, 0.25) is 0 Å². The molecule has 0 atom stereocenters. The molecule has 0 aliphatic carbocycles. The van der Waals surface area contributed by atoms with E-state index < -0.39 is 0 Å². The number of carbonyl (C=O) groups is 1. The summed E-state index contributed by atoms with van der Waals surface area (Å²) in [5.41, 5.74) is 11.3. The zero-order chi connectivity index (χ0) is 11.1. The van der Waals surface area contributed by atoms with E-state index in [1.807, 2.05) is 0 Å². The van der Waals surface area contributed by atoms with Crippen molar-refractivity contribution >= 4 is 5.91 Å². The van der Waals surface area contributed by atoms with Crippen LogP contribution in [0, 0.1) is 0 Å². The van der Waals surface area contributed by atoms with Crippen LogP contribution in [-0.2, 0) is 17.9 Å². The van der Waals surface area contributed by atoms with E-state index in [-0.39, 0.29) is 12.5 Å². The van der Waals surface area contributed by atoms with Gasteiger partial charge < -0.3 is 16.8 Å². The van der Waals surface area contributed by atoms with Crippen molar-refractivity contribution in [2.75, 3.05) is 13.1 Å². The molecule has 84 valence electrons. The monoisotopic (exact) mass is 212 g/mol. The van der Waals surface area contributed by atoms with Gasteiger partial charge in [0, 0.05) is 13.1 Å². The van der Waals surface area contributed by atoms with Gasteiger partial charge in [-0.3, -0.25) is 4.79 Å². The van der Waals surface area contributed by atoms with Crippen molar-refractivity contribution < 1.29 is 4.79 Å². The van der Waals surface area contributed by atoms with Crippen LogP contribution < -0.4 is 16.8 Å². The molecule has 1 heterocycles. The fourth-order valence-electron chi connectivity index (χ4n) is 1.04. The van der Waals surface area contributed by atoms with E-state index in [1.54, 1.807) is 6.20 Å². The maximum atomic E-state index is 11.3. The van der Waals surface area contributed by atoms with Crippen LogP contribution in [0.15, 0.2) is 6.20 Å². The Bertz CT molecular complexity index is 310. The molecule has 7 heteroatoms. The van der Waals surface area contributed by atoms with Gasteiger partial charge in [-0.25, -0.2) is 4.68 Å². The van der Waals surface area contributed by atoms with Crippen LogP contribution in [0.4, 0.5) is 0 Å². The van der Waals surface area contributed by atoms with Gasteiger partial charge in [0.1, 0.15) is 6.54 Å². The first-order chi connectivity index (χ1) is 7.26. The second-order valence-corrected chi connectivity index (χ2v) is 3.10. The molecule has 0 bridgehead atoms. The van der Waals surface area contributed by atoms with Gasteiger partial charge >= 0.3 is 0 Å². The summed E-state index contributed by atoms with van der Waals surface area (Å²) in [4.78, 5) is 11.3. The number of nitrogens with zero attached hydrogens (tertiary/aromatic N) is 3. The van der Waals surface area contributed by atoms with E-state index in [1.165, 1.54) is 4.68 Å². The summed E-state index contributed by atoms with van der Waals surface area (Å²) in [5.74, 6) is -0.100. The summed E-state index contributed by atoms with van der Waals surface area (Å²) in [6.07, 6.45) is 2.43. The lowest BCUT2D eigenvalue weighted by molar-refractivity contribution is -0.121. The Hall–Kier alpha value is -1.47. The number of carbonyl (C=O) groups excluding carboxylic acids is 1. The second-order valence-electron chi connectivity index (χ2n) is 3.10. The highest BCUT2D eigenvalue weighted by atomic mass is 16.2. The smallest absolute Gasteiger partial charge is 0.241 e. The average molecular weight is 212 g/mol. The molecule has 1 rings (SSSR count). The molecular weight excluding hydrogens is 196 g/mol. The first-order valence-electron chi connectivity index (χ1n) is 4.82. The third-order valence-electron chi connectivity index (χ3n) is 1.80. The van der Waals surface area contributed by atoms with Gasteiger partial charge in [0.2, 0.25) is 5.91 Å². The van der Waals surface area contributed by atoms with Crippen LogP contribution in [-0.4, -0.2) is 34.0 Å². The van der Waals surface area contributed by atoms with Gasteiger partial charge in [-0.1, -0.05) is 5.21 Å². The normalized spacial score (nSPS) is 10.3. The van der Waals surface area contributed by atoms with Crippen LogP contribution in [0.1, 0.15) is 12.1 Å². The third-order valence-corrected chi connectivity index (χ3v) is 1.80. The molecule has 1 aromatic rings. The van der Waals surface area contributed by atoms with Crippen LogP contribution in [0.3, 0.4) is 0 Å². The molecular formula is C8H16N6O. The molecule has 15 heavy (non-hydrogen) atoms. The van der Waals surface area contributed by atoms with Gasteiger partial charge in [-0.05, 0) is 13.0 Å². The summed E-state index contributed by atoms with van der Waals surface area (Å²) >= 11 is 0.